The molecule has 0 aliphatic heterocycles. The van der Waals surface area contributed by atoms with E-state index in [9.17, 15) is 4.79 Å². The third-order valence-corrected chi connectivity index (χ3v) is 5.06. The van der Waals surface area contributed by atoms with E-state index in [1.54, 1.807) is 0 Å². The van der Waals surface area contributed by atoms with E-state index in [1.165, 1.54) is 43.4 Å². The normalized spacial score (nSPS) is 25.2. The zero-order chi connectivity index (χ0) is 13.9. The molecule has 108 valence electrons. The van der Waals surface area contributed by atoms with E-state index in [4.69, 9.17) is 0 Å². The number of thiazole rings is 1. The Kier molecular flexibility index (Phi) is 4.85. The van der Waals surface area contributed by atoms with Crippen LogP contribution in [0.3, 0.4) is 0 Å². The molecule has 0 amide bonds. The molecular formula is C15H26N2OS. The summed E-state index contributed by atoms with van der Waals surface area (Å²) in [5.74, 6) is 0.847. The molecule has 19 heavy (non-hydrogen) atoms. The first-order valence-electron chi connectivity index (χ1n) is 7.35. The van der Waals surface area contributed by atoms with Gasteiger partial charge in [-0.1, -0.05) is 38.5 Å². The van der Waals surface area contributed by atoms with Gasteiger partial charge >= 0.3 is 4.87 Å². The maximum absolute atomic E-state index is 11.1. The molecule has 1 aliphatic carbocycles. The van der Waals surface area contributed by atoms with Gasteiger partial charge in [0.05, 0.1) is 0 Å². The van der Waals surface area contributed by atoms with Crippen LogP contribution < -0.4 is 10.2 Å². The summed E-state index contributed by atoms with van der Waals surface area (Å²) in [5, 5.41) is 5.52. The fraction of sp³-hybridized carbons (Fsp3) is 0.800. The number of hydrogen-bond acceptors (Lipinski definition) is 3. The first-order valence-corrected chi connectivity index (χ1v) is 8.23. The highest BCUT2D eigenvalue weighted by molar-refractivity contribution is 7.07. The molecule has 2 unspecified atom stereocenters. The number of nitrogens with one attached hydrogen (secondary N) is 2. The quantitative estimate of drug-likeness (QED) is 0.833. The van der Waals surface area contributed by atoms with E-state index in [0.717, 1.165) is 18.2 Å². The van der Waals surface area contributed by atoms with Gasteiger partial charge < -0.3 is 10.3 Å². The molecule has 1 aromatic heterocycles. The molecule has 0 bridgehead atoms. The van der Waals surface area contributed by atoms with Gasteiger partial charge in [0.25, 0.3) is 0 Å². The molecule has 1 aliphatic rings. The highest BCUT2D eigenvalue weighted by Crippen LogP contribution is 2.36. The van der Waals surface area contributed by atoms with Crippen LogP contribution in [0.15, 0.2) is 10.2 Å². The van der Waals surface area contributed by atoms with Crippen LogP contribution in [0.5, 0.6) is 0 Å². The molecule has 0 radical (unpaired) electrons. The van der Waals surface area contributed by atoms with Crippen molar-refractivity contribution in [3.8, 4) is 0 Å². The molecular weight excluding hydrogens is 256 g/mol. The van der Waals surface area contributed by atoms with Crippen molar-refractivity contribution in [3.63, 3.8) is 0 Å². The van der Waals surface area contributed by atoms with Crippen molar-refractivity contribution < 1.29 is 0 Å². The number of aromatic amines is 1. The zero-order valence-electron chi connectivity index (χ0n) is 12.3. The second-order valence-corrected chi connectivity index (χ2v) is 7.66. The Morgan fingerprint density at radius 1 is 1.32 bits per heavy atom. The Bertz CT molecular complexity index is 443. The lowest BCUT2D eigenvalue weighted by molar-refractivity contribution is 0.213. The average Bonchev–Trinajstić information content (AvgIpc) is 2.61. The first kappa shape index (κ1) is 14.8. The van der Waals surface area contributed by atoms with E-state index in [2.05, 4.69) is 31.1 Å². The third-order valence-electron chi connectivity index (χ3n) is 4.35. The summed E-state index contributed by atoms with van der Waals surface area (Å²) in [6.07, 6.45) is 6.52. The summed E-state index contributed by atoms with van der Waals surface area (Å²) < 4.78 is 0. The molecule has 4 heteroatoms. The fourth-order valence-electron chi connectivity index (χ4n) is 3.03. The van der Waals surface area contributed by atoms with E-state index < -0.39 is 0 Å². The number of aromatic nitrogens is 1. The molecule has 3 nitrogen and oxygen atoms in total. The summed E-state index contributed by atoms with van der Waals surface area (Å²) in [4.78, 5) is 14.0. The minimum atomic E-state index is 0.0467. The van der Waals surface area contributed by atoms with Gasteiger partial charge in [-0.05, 0) is 37.0 Å². The number of H-pyrrole nitrogens is 1. The van der Waals surface area contributed by atoms with Crippen LogP contribution in [0.25, 0.3) is 0 Å². The summed E-state index contributed by atoms with van der Waals surface area (Å²) >= 11 is 1.25. The van der Waals surface area contributed by atoms with Gasteiger partial charge in [-0.2, -0.15) is 0 Å². The summed E-state index contributed by atoms with van der Waals surface area (Å²) in [6, 6.07) is 0.607. The SMILES string of the molecule is CC(C)(C)C1CCCC(NCc2csc(=O)[nH]2)CC1. The van der Waals surface area contributed by atoms with Crippen molar-refractivity contribution in [1.29, 1.82) is 0 Å². The van der Waals surface area contributed by atoms with Crippen molar-refractivity contribution in [2.24, 2.45) is 11.3 Å². The molecule has 1 saturated carbocycles. The van der Waals surface area contributed by atoms with Crippen LogP contribution in [0, 0.1) is 11.3 Å². The van der Waals surface area contributed by atoms with Crippen molar-refractivity contribution in [1.82, 2.24) is 10.3 Å². The van der Waals surface area contributed by atoms with Crippen LogP contribution in [0.4, 0.5) is 0 Å². The number of rotatable bonds is 3. The summed E-state index contributed by atoms with van der Waals surface area (Å²) in [6.45, 7) is 7.88. The third kappa shape index (κ3) is 4.46. The average molecular weight is 282 g/mol. The van der Waals surface area contributed by atoms with Crippen molar-refractivity contribution in [3.05, 3.63) is 20.7 Å². The van der Waals surface area contributed by atoms with Crippen LogP contribution in [-0.4, -0.2) is 11.0 Å². The monoisotopic (exact) mass is 282 g/mol. The lowest BCUT2D eigenvalue weighted by atomic mass is 9.76. The minimum Gasteiger partial charge on any atom is -0.315 e. The second-order valence-electron chi connectivity index (χ2n) is 6.82. The second kappa shape index (κ2) is 6.23. The summed E-state index contributed by atoms with van der Waals surface area (Å²) in [7, 11) is 0. The van der Waals surface area contributed by atoms with Gasteiger partial charge in [0.1, 0.15) is 0 Å². The summed E-state index contributed by atoms with van der Waals surface area (Å²) in [5.41, 5.74) is 1.46. The fourth-order valence-corrected chi connectivity index (χ4v) is 3.61. The Labute approximate surface area is 119 Å². The molecule has 0 spiro atoms. The Balaban J connectivity index is 1.81. The Morgan fingerprint density at radius 3 is 2.74 bits per heavy atom. The predicted octanol–water partition coefficient (Wildman–Crippen LogP) is 3.52. The predicted molar refractivity (Wildman–Crippen MR) is 81.6 cm³/mol. The van der Waals surface area contributed by atoms with E-state index in [-0.39, 0.29) is 4.87 Å². The largest absolute Gasteiger partial charge is 0.315 e. The van der Waals surface area contributed by atoms with Crippen LogP contribution in [0.2, 0.25) is 0 Å². The van der Waals surface area contributed by atoms with Gasteiger partial charge in [0.2, 0.25) is 0 Å². The molecule has 2 rings (SSSR count). The molecule has 0 saturated heterocycles. The van der Waals surface area contributed by atoms with Gasteiger partial charge in [0.15, 0.2) is 0 Å². The van der Waals surface area contributed by atoms with Crippen molar-refractivity contribution in [2.45, 2.75) is 65.5 Å². The first-order chi connectivity index (χ1) is 8.95. The smallest absolute Gasteiger partial charge is 0.304 e. The lowest BCUT2D eigenvalue weighted by Crippen LogP contribution is -2.28. The zero-order valence-corrected chi connectivity index (χ0v) is 13.1. The van der Waals surface area contributed by atoms with E-state index >= 15 is 0 Å². The van der Waals surface area contributed by atoms with Crippen molar-refractivity contribution in [2.75, 3.05) is 0 Å². The molecule has 1 aromatic rings. The molecule has 0 aromatic carbocycles. The van der Waals surface area contributed by atoms with Crippen LogP contribution in [-0.2, 0) is 6.54 Å². The van der Waals surface area contributed by atoms with Gasteiger partial charge in [-0.15, -0.1) is 0 Å². The molecule has 1 heterocycles. The molecule has 1 fully saturated rings. The van der Waals surface area contributed by atoms with E-state index in [0.29, 0.717) is 11.5 Å². The van der Waals surface area contributed by atoms with Crippen LogP contribution in [0.1, 0.15) is 58.6 Å². The highest BCUT2D eigenvalue weighted by atomic mass is 32.1. The van der Waals surface area contributed by atoms with Gasteiger partial charge in [-0.25, -0.2) is 0 Å². The highest BCUT2D eigenvalue weighted by Gasteiger charge is 2.27. The molecule has 2 atom stereocenters. The van der Waals surface area contributed by atoms with Crippen molar-refractivity contribution >= 4 is 11.3 Å². The standard InChI is InChI=1S/C15H26N2OS/c1-15(2,3)11-5-4-6-12(8-7-11)16-9-13-10-19-14(18)17-13/h10-12,16H,4-9H2,1-3H3,(H,17,18). The van der Waals surface area contributed by atoms with Gasteiger partial charge in [0, 0.05) is 23.7 Å². The van der Waals surface area contributed by atoms with Gasteiger partial charge in [-0.3, -0.25) is 4.79 Å². The number of hydrogen-bond donors (Lipinski definition) is 2. The topological polar surface area (TPSA) is 44.9 Å². The minimum absolute atomic E-state index is 0.0467. The maximum Gasteiger partial charge on any atom is 0.304 e. The molecule has 2 N–H and O–H groups in total. The van der Waals surface area contributed by atoms with E-state index in [1.807, 2.05) is 5.38 Å². The van der Waals surface area contributed by atoms with Crippen LogP contribution >= 0.6 is 11.3 Å². The Morgan fingerprint density at radius 2 is 2.11 bits per heavy atom. The maximum atomic E-state index is 11.1. The lowest BCUT2D eigenvalue weighted by Gasteiger charge is -2.29. The Hall–Kier alpha value is -0.610.